The molecule has 1 fully saturated rings. The molecule has 5 heteroatoms. The smallest absolute Gasteiger partial charge is 0.222 e. The van der Waals surface area contributed by atoms with E-state index in [1.165, 1.54) is 0 Å². The van der Waals surface area contributed by atoms with Gasteiger partial charge in [0.15, 0.2) is 8.32 Å². The monoisotopic (exact) mass is 338 g/mol. The number of nitrogens with zero attached hydrogens (tertiary/aromatic N) is 2. The molecule has 1 saturated heterocycles. The second-order valence-corrected chi connectivity index (χ2v) is 13.0. The fourth-order valence-electron chi connectivity index (χ4n) is 2.63. The molecule has 0 spiro atoms. The molecule has 0 aliphatic carbocycles. The van der Waals surface area contributed by atoms with Crippen LogP contribution in [0.15, 0.2) is 0 Å². The van der Waals surface area contributed by atoms with Gasteiger partial charge < -0.3 is 9.33 Å². The van der Waals surface area contributed by atoms with Gasteiger partial charge in [-0.15, -0.1) is 0 Å². The van der Waals surface area contributed by atoms with Crippen molar-refractivity contribution in [3.05, 3.63) is 0 Å². The number of nitriles is 1. The second-order valence-electron chi connectivity index (χ2n) is 8.17. The summed E-state index contributed by atoms with van der Waals surface area (Å²) in [5, 5.41) is 8.74. The summed E-state index contributed by atoms with van der Waals surface area (Å²) in [5.41, 5.74) is 0. The lowest BCUT2D eigenvalue weighted by Gasteiger charge is -2.38. The molecule has 0 aromatic heterocycles. The number of likely N-dealkylation sites (tertiary alicyclic amines) is 1. The molecule has 132 valence electrons. The third-order valence-corrected chi connectivity index (χ3v) is 9.83. The first-order valence-corrected chi connectivity index (χ1v) is 11.9. The number of hydrogen-bond acceptors (Lipinski definition) is 3. The van der Waals surface area contributed by atoms with E-state index in [1.807, 2.05) is 4.90 Å². The maximum absolute atomic E-state index is 12.1. The molecule has 4 nitrogen and oxygen atoms in total. The average Bonchev–Trinajstić information content (AvgIpc) is 2.80. The van der Waals surface area contributed by atoms with Gasteiger partial charge in [-0.3, -0.25) is 4.79 Å². The molecule has 0 aromatic carbocycles. The van der Waals surface area contributed by atoms with Crippen molar-refractivity contribution in [2.45, 2.75) is 89.9 Å². The molecule has 23 heavy (non-hydrogen) atoms. The predicted octanol–water partition coefficient (Wildman–Crippen LogP) is 4.47. The number of carbonyl (C=O) groups excluding carboxylic acids is 1. The van der Waals surface area contributed by atoms with Crippen LogP contribution in [0.2, 0.25) is 18.1 Å². The lowest BCUT2D eigenvalue weighted by Crippen LogP contribution is -2.45. The van der Waals surface area contributed by atoms with Gasteiger partial charge in [0, 0.05) is 19.4 Å². The van der Waals surface area contributed by atoms with Crippen molar-refractivity contribution in [1.82, 2.24) is 4.90 Å². The Kier molecular flexibility index (Phi) is 7.76. The second kappa shape index (κ2) is 8.84. The van der Waals surface area contributed by atoms with Crippen molar-refractivity contribution in [3.8, 4) is 6.07 Å². The number of rotatable bonds is 9. The van der Waals surface area contributed by atoms with Crippen LogP contribution in [-0.4, -0.2) is 38.3 Å². The fourth-order valence-corrected chi connectivity index (χ4v) is 3.68. The number of amides is 1. The quantitative estimate of drug-likeness (QED) is 0.460. The van der Waals surface area contributed by atoms with Gasteiger partial charge in [0.1, 0.15) is 0 Å². The molecular formula is C18H34N2O2Si. The van der Waals surface area contributed by atoms with Gasteiger partial charge in [-0.25, -0.2) is 0 Å². The summed E-state index contributed by atoms with van der Waals surface area (Å²) in [6, 6.07) is 2.44. The van der Waals surface area contributed by atoms with E-state index >= 15 is 0 Å². The highest BCUT2D eigenvalue weighted by Gasteiger charge is 2.39. The van der Waals surface area contributed by atoms with E-state index in [9.17, 15) is 4.79 Å². The van der Waals surface area contributed by atoms with Crippen LogP contribution in [0.25, 0.3) is 0 Å². The molecule has 0 radical (unpaired) electrons. The van der Waals surface area contributed by atoms with E-state index in [-0.39, 0.29) is 17.0 Å². The highest BCUT2D eigenvalue weighted by molar-refractivity contribution is 6.74. The van der Waals surface area contributed by atoms with Gasteiger partial charge in [0.05, 0.1) is 18.7 Å². The first-order chi connectivity index (χ1) is 10.7. The van der Waals surface area contributed by atoms with E-state index in [4.69, 9.17) is 9.69 Å². The van der Waals surface area contributed by atoms with Crippen LogP contribution in [0, 0.1) is 11.3 Å². The number of unbranched alkanes of at least 4 members (excludes halogenated alkanes) is 4. The van der Waals surface area contributed by atoms with Crippen molar-refractivity contribution in [2.75, 3.05) is 13.2 Å². The van der Waals surface area contributed by atoms with Gasteiger partial charge in [0.25, 0.3) is 0 Å². The minimum atomic E-state index is -1.75. The van der Waals surface area contributed by atoms with Crippen LogP contribution in [-0.2, 0) is 9.22 Å². The fraction of sp³-hybridized carbons (Fsp3) is 0.889. The van der Waals surface area contributed by atoms with Gasteiger partial charge in [-0.2, -0.15) is 5.26 Å². The Morgan fingerprint density at radius 2 is 1.91 bits per heavy atom. The zero-order valence-electron chi connectivity index (χ0n) is 15.7. The Hall–Kier alpha value is -0.863. The molecule has 1 heterocycles. The largest absolute Gasteiger partial charge is 0.415 e. The summed E-state index contributed by atoms with van der Waals surface area (Å²) >= 11 is 0. The Bertz CT molecular complexity index is 424. The van der Waals surface area contributed by atoms with Crippen molar-refractivity contribution in [1.29, 1.82) is 5.26 Å². The van der Waals surface area contributed by atoms with Crippen LogP contribution >= 0.6 is 0 Å². The third-order valence-electron chi connectivity index (χ3n) is 5.33. The number of hydrogen-bond donors (Lipinski definition) is 0. The normalized spacial score (nSPS) is 19.2. The zero-order chi connectivity index (χ0) is 17.5. The minimum absolute atomic E-state index is 0.210. The zero-order valence-corrected chi connectivity index (χ0v) is 16.7. The van der Waals surface area contributed by atoms with E-state index in [0.29, 0.717) is 19.4 Å². The summed E-state index contributed by atoms with van der Waals surface area (Å²) < 4.78 is 6.32. The van der Waals surface area contributed by atoms with E-state index in [0.717, 1.165) is 38.6 Å². The van der Waals surface area contributed by atoms with Crippen molar-refractivity contribution >= 4 is 14.2 Å². The molecule has 1 aliphatic heterocycles. The molecule has 1 amide bonds. The first-order valence-electron chi connectivity index (χ1n) is 8.99. The standard InChI is InChI=1S/C18H34N2O2Si/c1-18(2,3)23(4,5)22-15-16-11-12-17(21)20(16)14-10-8-6-7-9-13-19/h16H,6-12,14-15H2,1-5H3/t16-/m1/s1. The maximum Gasteiger partial charge on any atom is 0.222 e. The molecule has 0 aromatic rings. The number of carbonyl (C=O) groups is 1. The average molecular weight is 339 g/mol. The summed E-state index contributed by atoms with van der Waals surface area (Å²) in [6.45, 7) is 12.8. The lowest BCUT2D eigenvalue weighted by atomic mass is 10.1. The first kappa shape index (κ1) is 20.2. The van der Waals surface area contributed by atoms with E-state index in [2.05, 4.69) is 39.9 Å². The van der Waals surface area contributed by atoms with Crippen LogP contribution in [0.3, 0.4) is 0 Å². The molecule has 1 aliphatic rings. The van der Waals surface area contributed by atoms with Crippen LogP contribution in [0.5, 0.6) is 0 Å². The molecule has 1 atom stereocenters. The summed E-state index contributed by atoms with van der Waals surface area (Å²) in [4.78, 5) is 14.2. The van der Waals surface area contributed by atoms with Crippen molar-refractivity contribution < 1.29 is 9.22 Å². The maximum atomic E-state index is 12.1. The van der Waals surface area contributed by atoms with Crippen molar-refractivity contribution in [2.24, 2.45) is 0 Å². The molecular weight excluding hydrogens is 304 g/mol. The van der Waals surface area contributed by atoms with Gasteiger partial charge in [-0.1, -0.05) is 33.6 Å². The third kappa shape index (κ3) is 6.27. The summed E-state index contributed by atoms with van der Waals surface area (Å²) in [6.07, 6.45) is 6.44. The Morgan fingerprint density at radius 3 is 2.52 bits per heavy atom. The Labute approximate surface area is 143 Å². The van der Waals surface area contributed by atoms with Gasteiger partial charge >= 0.3 is 0 Å². The molecule has 1 rings (SSSR count). The van der Waals surface area contributed by atoms with E-state index in [1.54, 1.807) is 0 Å². The van der Waals surface area contributed by atoms with E-state index < -0.39 is 8.32 Å². The molecule has 0 saturated carbocycles. The molecule has 0 unspecified atom stereocenters. The lowest BCUT2D eigenvalue weighted by molar-refractivity contribution is -0.129. The highest BCUT2D eigenvalue weighted by atomic mass is 28.4. The van der Waals surface area contributed by atoms with Gasteiger partial charge in [-0.05, 0) is 37.4 Å². The van der Waals surface area contributed by atoms with Gasteiger partial charge in [0.2, 0.25) is 5.91 Å². The van der Waals surface area contributed by atoms with Crippen LogP contribution in [0.1, 0.15) is 65.7 Å². The summed E-state index contributed by atoms with van der Waals surface area (Å²) in [5.74, 6) is 0.283. The Balaban J connectivity index is 2.40. The van der Waals surface area contributed by atoms with Crippen molar-refractivity contribution in [3.63, 3.8) is 0 Å². The minimum Gasteiger partial charge on any atom is -0.415 e. The predicted molar refractivity (Wildman–Crippen MR) is 96.6 cm³/mol. The van der Waals surface area contributed by atoms with Crippen LogP contribution < -0.4 is 0 Å². The van der Waals surface area contributed by atoms with Crippen LogP contribution in [0.4, 0.5) is 0 Å². The highest BCUT2D eigenvalue weighted by Crippen LogP contribution is 2.37. The molecule has 0 bridgehead atoms. The topological polar surface area (TPSA) is 53.3 Å². The summed E-state index contributed by atoms with van der Waals surface area (Å²) in [7, 11) is -1.75. The Morgan fingerprint density at radius 1 is 1.26 bits per heavy atom. The molecule has 0 N–H and O–H groups in total. The SMILES string of the molecule is CC(C)(C)[Si](C)(C)OC[C@H]1CCC(=O)N1CCCCCCC#N.